The Morgan fingerprint density at radius 1 is 1.03 bits per heavy atom. The first kappa shape index (κ1) is 19.9. The predicted octanol–water partition coefficient (Wildman–Crippen LogP) is 2.40. The number of piperazine rings is 2. The van der Waals surface area contributed by atoms with Gasteiger partial charge in [0.1, 0.15) is 11.5 Å². The van der Waals surface area contributed by atoms with Crippen molar-refractivity contribution in [2.45, 2.75) is 19.4 Å². The standard InChI is InChI=1S/C23H31N5O/c1-2-12-26-14-16-27(17-15-26)23(29)20-9-6-10-22(25-20)28-13-11-24-21(18-28)19-7-4-3-5-8-19/h3-10,21,24H,2,11-18H2,1H3/t21-/m0/s1. The van der Waals surface area contributed by atoms with Crippen molar-refractivity contribution in [2.75, 3.05) is 57.3 Å². The third-order valence-corrected chi connectivity index (χ3v) is 5.85. The lowest BCUT2D eigenvalue weighted by Gasteiger charge is -2.36. The average molecular weight is 394 g/mol. The number of carbonyl (C=O) groups is 1. The number of hydrogen-bond donors (Lipinski definition) is 1. The molecule has 154 valence electrons. The van der Waals surface area contributed by atoms with Gasteiger partial charge in [0.25, 0.3) is 5.91 Å². The van der Waals surface area contributed by atoms with Gasteiger partial charge in [0.2, 0.25) is 0 Å². The van der Waals surface area contributed by atoms with Crippen molar-refractivity contribution >= 4 is 11.7 Å². The lowest BCUT2D eigenvalue weighted by Crippen LogP contribution is -2.49. The maximum Gasteiger partial charge on any atom is 0.272 e. The van der Waals surface area contributed by atoms with Crippen LogP contribution in [-0.2, 0) is 0 Å². The molecule has 0 aliphatic carbocycles. The molecule has 2 aliphatic heterocycles. The molecule has 1 aromatic heterocycles. The van der Waals surface area contributed by atoms with Crippen molar-refractivity contribution in [1.29, 1.82) is 0 Å². The first-order valence-electron chi connectivity index (χ1n) is 10.8. The number of aromatic nitrogens is 1. The van der Waals surface area contributed by atoms with E-state index in [1.807, 2.05) is 29.2 Å². The fraction of sp³-hybridized carbons (Fsp3) is 0.478. The fourth-order valence-electron chi connectivity index (χ4n) is 4.24. The molecule has 29 heavy (non-hydrogen) atoms. The molecule has 2 saturated heterocycles. The van der Waals surface area contributed by atoms with E-state index in [1.165, 1.54) is 5.56 Å². The van der Waals surface area contributed by atoms with Gasteiger partial charge in [-0.2, -0.15) is 0 Å². The van der Waals surface area contributed by atoms with Crippen molar-refractivity contribution in [3.8, 4) is 0 Å². The number of amides is 1. The second kappa shape index (κ2) is 9.37. The highest BCUT2D eigenvalue weighted by molar-refractivity contribution is 5.92. The lowest BCUT2D eigenvalue weighted by molar-refractivity contribution is 0.0632. The molecule has 2 fully saturated rings. The zero-order chi connectivity index (χ0) is 20.1. The van der Waals surface area contributed by atoms with E-state index in [9.17, 15) is 4.79 Å². The zero-order valence-corrected chi connectivity index (χ0v) is 17.3. The summed E-state index contributed by atoms with van der Waals surface area (Å²) in [5.41, 5.74) is 1.84. The Kier molecular flexibility index (Phi) is 6.42. The summed E-state index contributed by atoms with van der Waals surface area (Å²) in [6.45, 7) is 9.44. The Hall–Kier alpha value is -2.44. The second-order valence-corrected chi connectivity index (χ2v) is 7.88. The van der Waals surface area contributed by atoms with E-state index in [1.54, 1.807) is 0 Å². The topological polar surface area (TPSA) is 51.7 Å². The molecule has 4 rings (SSSR count). The van der Waals surface area contributed by atoms with Crippen LogP contribution in [0.5, 0.6) is 0 Å². The summed E-state index contributed by atoms with van der Waals surface area (Å²) >= 11 is 0. The van der Waals surface area contributed by atoms with Gasteiger partial charge >= 0.3 is 0 Å². The highest BCUT2D eigenvalue weighted by Gasteiger charge is 2.25. The van der Waals surface area contributed by atoms with Crippen LogP contribution in [0.3, 0.4) is 0 Å². The van der Waals surface area contributed by atoms with Crippen LogP contribution >= 0.6 is 0 Å². The molecular formula is C23H31N5O. The summed E-state index contributed by atoms with van der Waals surface area (Å²) < 4.78 is 0. The van der Waals surface area contributed by atoms with Gasteiger partial charge in [0, 0.05) is 51.9 Å². The summed E-state index contributed by atoms with van der Waals surface area (Å²) in [5.74, 6) is 0.945. The molecule has 2 aromatic rings. The van der Waals surface area contributed by atoms with E-state index in [0.717, 1.165) is 64.6 Å². The van der Waals surface area contributed by atoms with Gasteiger partial charge in [-0.05, 0) is 30.7 Å². The minimum absolute atomic E-state index is 0.0535. The molecule has 6 heteroatoms. The van der Waals surface area contributed by atoms with Crippen LogP contribution in [0, 0.1) is 0 Å². The summed E-state index contributed by atoms with van der Waals surface area (Å²) in [7, 11) is 0. The van der Waals surface area contributed by atoms with Gasteiger partial charge in [0.05, 0.1) is 0 Å². The van der Waals surface area contributed by atoms with Crippen molar-refractivity contribution in [2.24, 2.45) is 0 Å². The molecule has 1 N–H and O–H groups in total. The molecule has 2 aliphatic rings. The number of pyridine rings is 1. The third-order valence-electron chi connectivity index (χ3n) is 5.85. The fourth-order valence-corrected chi connectivity index (χ4v) is 4.24. The second-order valence-electron chi connectivity index (χ2n) is 7.88. The molecule has 0 radical (unpaired) electrons. The number of carbonyl (C=O) groups excluding carboxylic acids is 1. The molecule has 1 amide bonds. The van der Waals surface area contributed by atoms with Crippen LogP contribution in [0.15, 0.2) is 48.5 Å². The third kappa shape index (κ3) is 4.77. The predicted molar refractivity (Wildman–Crippen MR) is 116 cm³/mol. The maximum atomic E-state index is 13.0. The van der Waals surface area contributed by atoms with Gasteiger partial charge in [-0.15, -0.1) is 0 Å². The highest BCUT2D eigenvalue weighted by atomic mass is 16.2. The van der Waals surface area contributed by atoms with Crippen LogP contribution in [0.25, 0.3) is 0 Å². The largest absolute Gasteiger partial charge is 0.353 e. The normalized spacial score (nSPS) is 20.7. The van der Waals surface area contributed by atoms with Gasteiger partial charge in [0.15, 0.2) is 0 Å². The number of anilines is 1. The molecule has 3 heterocycles. The molecule has 0 spiro atoms. The summed E-state index contributed by atoms with van der Waals surface area (Å²) in [5, 5.41) is 3.59. The van der Waals surface area contributed by atoms with Crippen LogP contribution in [0.4, 0.5) is 5.82 Å². The Balaban J connectivity index is 1.42. The SMILES string of the molecule is CCCN1CCN(C(=O)c2cccc(N3CCN[C@H](c4ccccc4)C3)n2)CC1. The van der Waals surface area contributed by atoms with Crippen LogP contribution in [0.2, 0.25) is 0 Å². The first-order valence-corrected chi connectivity index (χ1v) is 10.8. The Labute approximate surface area is 173 Å². The smallest absolute Gasteiger partial charge is 0.272 e. The summed E-state index contributed by atoms with van der Waals surface area (Å²) in [6.07, 6.45) is 1.16. The van der Waals surface area contributed by atoms with Crippen molar-refractivity contribution in [3.05, 3.63) is 59.8 Å². The lowest BCUT2D eigenvalue weighted by atomic mass is 10.0. The quantitative estimate of drug-likeness (QED) is 0.845. The number of nitrogens with one attached hydrogen (secondary N) is 1. The minimum atomic E-state index is 0.0535. The van der Waals surface area contributed by atoms with E-state index >= 15 is 0 Å². The molecule has 1 atom stereocenters. The van der Waals surface area contributed by atoms with Crippen molar-refractivity contribution < 1.29 is 4.79 Å². The summed E-state index contributed by atoms with van der Waals surface area (Å²) in [6, 6.07) is 16.6. The maximum absolute atomic E-state index is 13.0. The van der Waals surface area contributed by atoms with Crippen LogP contribution < -0.4 is 10.2 Å². The minimum Gasteiger partial charge on any atom is -0.353 e. The highest BCUT2D eigenvalue weighted by Crippen LogP contribution is 2.21. The Morgan fingerprint density at radius 2 is 1.83 bits per heavy atom. The number of hydrogen-bond acceptors (Lipinski definition) is 5. The van der Waals surface area contributed by atoms with E-state index in [0.29, 0.717) is 5.69 Å². The molecule has 1 aromatic carbocycles. The first-order chi connectivity index (χ1) is 14.2. The van der Waals surface area contributed by atoms with Gasteiger partial charge in [-0.3, -0.25) is 9.69 Å². The Bertz CT molecular complexity index is 804. The molecule has 0 saturated carbocycles. The monoisotopic (exact) mass is 393 g/mol. The number of nitrogens with zero attached hydrogens (tertiary/aromatic N) is 4. The average Bonchev–Trinajstić information content (AvgIpc) is 2.80. The number of benzene rings is 1. The summed E-state index contributed by atoms with van der Waals surface area (Å²) in [4.78, 5) is 24.4. The molecule has 6 nitrogen and oxygen atoms in total. The van der Waals surface area contributed by atoms with Crippen molar-refractivity contribution in [1.82, 2.24) is 20.1 Å². The van der Waals surface area contributed by atoms with Gasteiger partial charge < -0.3 is 15.1 Å². The molecule has 0 unspecified atom stereocenters. The van der Waals surface area contributed by atoms with Gasteiger partial charge in [-0.1, -0.05) is 43.3 Å². The Morgan fingerprint density at radius 3 is 2.59 bits per heavy atom. The van der Waals surface area contributed by atoms with Crippen LogP contribution in [0.1, 0.15) is 35.4 Å². The zero-order valence-electron chi connectivity index (χ0n) is 17.3. The van der Waals surface area contributed by atoms with E-state index < -0.39 is 0 Å². The number of rotatable bonds is 5. The molecular weight excluding hydrogens is 362 g/mol. The van der Waals surface area contributed by atoms with Crippen LogP contribution in [-0.4, -0.2) is 73.0 Å². The van der Waals surface area contributed by atoms with E-state index in [2.05, 4.69) is 46.3 Å². The van der Waals surface area contributed by atoms with Gasteiger partial charge in [-0.25, -0.2) is 4.98 Å². The molecule has 0 bridgehead atoms. The van der Waals surface area contributed by atoms with E-state index in [4.69, 9.17) is 4.98 Å². The van der Waals surface area contributed by atoms with E-state index in [-0.39, 0.29) is 11.9 Å². The van der Waals surface area contributed by atoms with Crippen molar-refractivity contribution in [3.63, 3.8) is 0 Å².